The van der Waals surface area contributed by atoms with E-state index in [1.54, 1.807) is 0 Å². The van der Waals surface area contributed by atoms with Crippen LogP contribution in [-0.2, 0) is 9.84 Å². The number of aliphatic hydroxyl groups is 1. The molecule has 0 amide bonds. The normalized spacial score (nSPS) is 13.4. The van der Waals surface area contributed by atoms with E-state index in [-0.39, 0.29) is 23.4 Å². The van der Waals surface area contributed by atoms with E-state index in [1.807, 2.05) is 37.3 Å². The van der Waals surface area contributed by atoms with Crippen LogP contribution in [0.5, 0.6) is 0 Å². The first kappa shape index (κ1) is 15.5. The van der Waals surface area contributed by atoms with Crippen LogP contribution >= 0.6 is 11.8 Å². The Morgan fingerprint density at radius 1 is 1.28 bits per heavy atom. The van der Waals surface area contributed by atoms with E-state index in [9.17, 15) is 13.5 Å². The second-order valence-electron chi connectivity index (χ2n) is 4.20. The molecular weight excluding hydrogens is 268 g/mol. The van der Waals surface area contributed by atoms with Gasteiger partial charge in [-0.1, -0.05) is 31.5 Å². The van der Waals surface area contributed by atoms with Gasteiger partial charge in [0.15, 0.2) is 9.84 Å². The van der Waals surface area contributed by atoms with Gasteiger partial charge in [-0.2, -0.15) is 0 Å². The molecule has 0 aliphatic rings. The summed E-state index contributed by atoms with van der Waals surface area (Å²) in [5.74, 6) is 0.262. The molecule has 0 aliphatic heterocycles. The Morgan fingerprint density at radius 2 is 1.94 bits per heavy atom. The average molecular weight is 288 g/mol. The monoisotopic (exact) mass is 288 g/mol. The van der Waals surface area contributed by atoms with Crippen LogP contribution in [0.1, 0.15) is 19.8 Å². The zero-order valence-electron chi connectivity index (χ0n) is 10.6. The summed E-state index contributed by atoms with van der Waals surface area (Å²) in [6.45, 7) is 1.85. The third-order valence-corrected chi connectivity index (χ3v) is 5.72. The Bertz CT molecular complexity index is 429. The van der Waals surface area contributed by atoms with Crippen LogP contribution in [0.2, 0.25) is 0 Å². The van der Waals surface area contributed by atoms with E-state index in [4.69, 9.17) is 0 Å². The van der Waals surface area contributed by atoms with Gasteiger partial charge in [-0.05, 0) is 18.6 Å². The van der Waals surface area contributed by atoms with Crippen molar-refractivity contribution in [2.75, 3.05) is 18.1 Å². The Balaban J connectivity index is 2.57. The lowest BCUT2D eigenvalue weighted by Crippen LogP contribution is -2.23. The third kappa shape index (κ3) is 5.89. The van der Waals surface area contributed by atoms with Crippen molar-refractivity contribution in [3.63, 3.8) is 0 Å². The van der Waals surface area contributed by atoms with Crippen LogP contribution < -0.4 is 0 Å². The van der Waals surface area contributed by atoms with E-state index in [0.29, 0.717) is 6.42 Å². The SMILES string of the molecule is CCCCS(=O)(=O)CC(CO)Sc1ccccc1. The molecule has 18 heavy (non-hydrogen) atoms. The molecule has 0 fully saturated rings. The summed E-state index contributed by atoms with van der Waals surface area (Å²) < 4.78 is 23.6. The molecular formula is C13H20O3S2. The number of hydrogen-bond donors (Lipinski definition) is 1. The van der Waals surface area contributed by atoms with Crippen molar-refractivity contribution in [2.24, 2.45) is 0 Å². The molecule has 1 N–H and O–H groups in total. The maximum absolute atomic E-state index is 11.8. The topological polar surface area (TPSA) is 54.4 Å². The maximum atomic E-state index is 11.8. The molecule has 0 saturated carbocycles. The number of rotatable bonds is 8. The number of unbranched alkanes of at least 4 members (excludes halogenated alkanes) is 1. The molecule has 1 rings (SSSR count). The van der Waals surface area contributed by atoms with Crippen LogP contribution in [0.15, 0.2) is 35.2 Å². The molecule has 1 aromatic rings. The van der Waals surface area contributed by atoms with E-state index in [2.05, 4.69) is 0 Å². The van der Waals surface area contributed by atoms with Crippen LogP contribution in [0.25, 0.3) is 0 Å². The lowest BCUT2D eigenvalue weighted by molar-refractivity contribution is 0.300. The van der Waals surface area contributed by atoms with Crippen LogP contribution in [0.4, 0.5) is 0 Å². The molecule has 0 aliphatic carbocycles. The Labute approximate surface area is 114 Å². The molecule has 0 radical (unpaired) electrons. The van der Waals surface area contributed by atoms with Crippen LogP contribution in [-0.4, -0.2) is 36.9 Å². The van der Waals surface area contributed by atoms with Crippen molar-refractivity contribution >= 4 is 21.6 Å². The fraction of sp³-hybridized carbons (Fsp3) is 0.538. The molecule has 3 nitrogen and oxygen atoms in total. The minimum absolute atomic E-state index is 0.0447. The molecule has 0 heterocycles. The average Bonchev–Trinajstić information content (AvgIpc) is 2.36. The predicted octanol–water partition coefficient (Wildman–Crippen LogP) is 2.35. The summed E-state index contributed by atoms with van der Waals surface area (Å²) in [6, 6.07) is 9.57. The van der Waals surface area contributed by atoms with Gasteiger partial charge in [0.25, 0.3) is 0 Å². The molecule has 1 unspecified atom stereocenters. The van der Waals surface area contributed by atoms with Crippen molar-refractivity contribution in [1.29, 1.82) is 0 Å². The standard InChI is InChI=1S/C13H20O3S2/c1-2-3-9-18(15,16)11-13(10-14)17-12-7-5-4-6-8-12/h4-8,13-14H,2-3,9-11H2,1H3. The minimum atomic E-state index is -3.06. The smallest absolute Gasteiger partial charge is 0.151 e. The zero-order chi connectivity index (χ0) is 13.4. The van der Waals surface area contributed by atoms with E-state index in [1.165, 1.54) is 11.8 Å². The van der Waals surface area contributed by atoms with Gasteiger partial charge in [0.05, 0.1) is 18.1 Å². The Kier molecular flexibility index (Phi) is 6.75. The summed E-state index contributed by atoms with van der Waals surface area (Å²) in [5.41, 5.74) is 0. The highest BCUT2D eigenvalue weighted by atomic mass is 32.2. The van der Waals surface area contributed by atoms with E-state index < -0.39 is 9.84 Å². The van der Waals surface area contributed by atoms with Crippen molar-refractivity contribution in [1.82, 2.24) is 0 Å². The van der Waals surface area contributed by atoms with Gasteiger partial charge in [0.1, 0.15) is 0 Å². The number of hydrogen-bond acceptors (Lipinski definition) is 4. The van der Waals surface area contributed by atoms with Crippen molar-refractivity contribution in [3.8, 4) is 0 Å². The quantitative estimate of drug-likeness (QED) is 0.746. The van der Waals surface area contributed by atoms with Crippen LogP contribution in [0, 0.1) is 0 Å². The number of aliphatic hydroxyl groups excluding tert-OH is 1. The summed E-state index contributed by atoms with van der Waals surface area (Å²) in [4.78, 5) is 0.988. The summed E-state index contributed by atoms with van der Waals surface area (Å²) in [5, 5.41) is 9.01. The zero-order valence-corrected chi connectivity index (χ0v) is 12.2. The van der Waals surface area contributed by atoms with E-state index in [0.717, 1.165) is 11.3 Å². The number of sulfone groups is 1. The van der Waals surface area contributed by atoms with Gasteiger partial charge in [-0.3, -0.25) is 0 Å². The molecule has 0 saturated heterocycles. The molecule has 1 aromatic carbocycles. The van der Waals surface area contributed by atoms with Crippen molar-refractivity contribution in [3.05, 3.63) is 30.3 Å². The maximum Gasteiger partial charge on any atom is 0.151 e. The fourth-order valence-electron chi connectivity index (χ4n) is 1.55. The van der Waals surface area contributed by atoms with Gasteiger partial charge in [0.2, 0.25) is 0 Å². The second-order valence-corrected chi connectivity index (χ2v) is 7.81. The Hall–Kier alpha value is -0.520. The molecule has 1 atom stereocenters. The summed E-state index contributed by atoms with van der Waals surface area (Å²) >= 11 is 1.42. The molecule has 102 valence electrons. The number of thioether (sulfide) groups is 1. The predicted molar refractivity (Wildman–Crippen MR) is 76.7 cm³/mol. The lowest BCUT2D eigenvalue weighted by atomic mass is 10.4. The fourth-order valence-corrected chi connectivity index (χ4v) is 4.78. The molecule has 0 aromatic heterocycles. The van der Waals surface area contributed by atoms with Gasteiger partial charge < -0.3 is 5.11 Å². The molecule has 5 heteroatoms. The highest BCUT2D eigenvalue weighted by molar-refractivity contribution is 8.01. The first-order valence-corrected chi connectivity index (χ1v) is 8.80. The first-order valence-electron chi connectivity index (χ1n) is 6.10. The van der Waals surface area contributed by atoms with Crippen molar-refractivity contribution in [2.45, 2.75) is 29.9 Å². The van der Waals surface area contributed by atoms with Gasteiger partial charge in [-0.15, -0.1) is 11.8 Å². The second kappa shape index (κ2) is 7.81. The highest BCUT2D eigenvalue weighted by Crippen LogP contribution is 2.24. The number of benzene rings is 1. The van der Waals surface area contributed by atoms with Crippen LogP contribution in [0.3, 0.4) is 0 Å². The summed E-state index contributed by atoms with van der Waals surface area (Å²) in [6.07, 6.45) is 1.56. The molecule has 0 spiro atoms. The molecule has 0 bridgehead atoms. The first-order chi connectivity index (χ1) is 8.57. The van der Waals surface area contributed by atoms with Gasteiger partial charge in [0, 0.05) is 10.1 Å². The van der Waals surface area contributed by atoms with Gasteiger partial charge >= 0.3 is 0 Å². The van der Waals surface area contributed by atoms with Gasteiger partial charge in [-0.25, -0.2) is 8.42 Å². The third-order valence-electron chi connectivity index (χ3n) is 2.50. The van der Waals surface area contributed by atoms with E-state index >= 15 is 0 Å². The summed E-state index contributed by atoms with van der Waals surface area (Å²) in [7, 11) is -3.06. The largest absolute Gasteiger partial charge is 0.395 e. The lowest BCUT2D eigenvalue weighted by Gasteiger charge is -2.14. The Morgan fingerprint density at radius 3 is 2.50 bits per heavy atom. The minimum Gasteiger partial charge on any atom is -0.395 e. The van der Waals surface area contributed by atoms with Crippen molar-refractivity contribution < 1.29 is 13.5 Å². The highest BCUT2D eigenvalue weighted by Gasteiger charge is 2.19.